The van der Waals surface area contributed by atoms with Crippen molar-refractivity contribution < 1.29 is 24.5 Å². The summed E-state index contributed by atoms with van der Waals surface area (Å²) in [7, 11) is 0. The maximum Gasteiger partial charge on any atom is 0.337 e. The number of hydrogen-bond donors (Lipinski definition) is 3. The van der Waals surface area contributed by atoms with Crippen LogP contribution in [0.25, 0.3) is 11.0 Å². The van der Waals surface area contributed by atoms with E-state index in [4.69, 9.17) is 9.52 Å². The third-order valence-electron chi connectivity index (χ3n) is 2.43. The molecule has 1 unspecified atom stereocenters. The molecule has 5 nitrogen and oxygen atoms in total. The fourth-order valence-corrected chi connectivity index (χ4v) is 1.71. The molecular weight excluding hydrogens is 212 g/mol. The smallest absolute Gasteiger partial charge is 0.337 e. The van der Waals surface area contributed by atoms with E-state index in [-0.39, 0.29) is 22.7 Å². The van der Waals surface area contributed by atoms with Gasteiger partial charge in [-0.05, 0) is 13.0 Å². The summed E-state index contributed by atoms with van der Waals surface area (Å²) in [6.45, 7) is 1.54. The number of carbonyl (C=O) groups is 1. The molecule has 1 atom stereocenters. The Morgan fingerprint density at radius 2 is 2.12 bits per heavy atom. The van der Waals surface area contributed by atoms with Crippen LogP contribution in [-0.2, 0) is 4.79 Å². The minimum Gasteiger partial charge on any atom is -0.504 e. The van der Waals surface area contributed by atoms with Crippen molar-refractivity contribution in [1.82, 2.24) is 0 Å². The number of carboxylic acid groups (broad SMARTS) is 1. The third-order valence-corrected chi connectivity index (χ3v) is 2.43. The van der Waals surface area contributed by atoms with Gasteiger partial charge in [-0.1, -0.05) is 12.1 Å². The van der Waals surface area contributed by atoms with Crippen molar-refractivity contribution in [3.8, 4) is 5.75 Å². The number of aliphatic hydroxyl groups is 1. The predicted octanol–water partition coefficient (Wildman–Crippen LogP) is 1.56. The van der Waals surface area contributed by atoms with Crippen LogP contribution in [0.3, 0.4) is 0 Å². The van der Waals surface area contributed by atoms with Crippen molar-refractivity contribution >= 4 is 16.9 Å². The van der Waals surface area contributed by atoms with Crippen molar-refractivity contribution in [3.05, 3.63) is 29.5 Å². The molecule has 0 aliphatic heterocycles. The normalized spacial score (nSPS) is 12.9. The molecule has 0 radical (unpaired) electrons. The average Bonchev–Trinajstić information content (AvgIpc) is 2.55. The van der Waals surface area contributed by atoms with E-state index >= 15 is 0 Å². The molecule has 16 heavy (non-hydrogen) atoms. The molecule has 1 heterocycles. The first-order valence-corrected chi connectivity index (χ1v) is 4.64. The van der Waals surface area contributed by atoms with Crippen LogP contribution >= 0.6 is 0 Å². The van der Waals surface area contributed by atoms with Crippen LogP contribution in [0.15, 0.2) is 22.6 Å². The molecule has 0 aliphatic rings. The second kappa shape index (κ2) is 3.53. The standard InChI is InChI=1S/C11H10O5/c1-5-8(9(13)11(14)15)6-3-2-4-7(12)10(6)16-5/h2-4,9,12-13H,1H3,(H,14,15). The van der Waals surface area contributed by atoms with Crippen LogP contribution in [-0.4, -0.2) is 21.3 Å². The maximum atomic E-state index is 10.7. The summed E-state index contributed by atoms with van der Waals surface area (Å²) in [4.78, 5) is 10.7. The number of rotatable bonds is 2. The van der Waals surface area contributed by atoms with Gasteiger partial charge < -0.3 is 19.7 Å². The predicted molar refractivity (Wildman–Crippen MR) is 55.2 cm³/mol. The van der Waals surface area contributed by atoms with Gasteiger partial charge in [0.2, 0.25) is 0 Å². The SMILES string of the molecule is Cc1oc2c(O)cccc2c1C(O)C(=O)O. The third kappa shape index (κ3) is 1.42. The summed E-state index contributed by atoms with van der Waals surface area (Å²) in [5.41, 5.74) is 0.369. The lowest BCUT2D eigenvalue weighted by molar-refractivity contribution is -0.146. The summed E-state index contributed by atoms with van der Waals surface area (Å²) in [6.07, 6.45) is -1.65. The Balaban J connectivity index is 2.74. The zero-order valence-corrected chi connectivity index (χ0v) is 8.47. The van der Waals surface area contributed by atoms with Gasteiger partial charge in [-0.25, -0.2) is 4.79 Å². The quantitative estimate of drug-likeness (QED) is 0.717. The largest absolute Gasteiger partial charge is 0.504 e. The fraction of sp³-hybridized carbons (Fsp3) is 0.182. The zero-order chi connectivity index (χ0) is 11.9. The van der Waals surface area contributed by atoms with Gasteiger partial charge in [0, 0.05) is 10.9 Å². The van der Waals surface area contributed by atoms with E-state index in [1.165, 1.54) is 6.07 Å². The molecular formula is C11H10O5. The van der Waals surface area contributed by atoms with Gasteiger partial charge in [0.15, 0.2) is 17.4 Å². The van der Waals surface area contributed by atoms with E-state index in [2.05, 4.69) is 0 Å². The Kier molecular flexibility index (Phi) is 2.32. The topological polar surface area (TPSA) is 90.9 Å². The van der Waals surface area contributed by atoms with Crippen molar-refractivity contribution in [2.45, 2.75) is 13.0 Å². The molecule has 0 spiro atoms. The number of phenolic OH excluding ortho intramolecular Hbond substituents is 1. The molecule has 1 aromatic heterocycles. The molecule has 84 valence electrons. The number of benzene rings is 1. The summed E-state index contributed by atoms with van der Waals surface area (Å²) in [5, 5.41) is 28.2. The first kappa shape index (κ1) is 10.5. The molecule has 0 bridgehead atoms. The number of hydrogen-bond acceptors (Lipinski definition) is 4. The lowest BCUT2D eigenvalue weighted by Gasteiger charge is -2.03. The summed E-state index contributed by atoms with van der Waals surface area (Å²) >= 11 is 0. The van der Waals surface area contributed by atoms with Crippen molar-refractivity contribution in [1.29, 1.82) is 0 Å². The second-order valence-corrected chi connectivity index (χ2v) is 3.47. The summed E-state index contributed by atoms with van der Waals surface area (Å²) in [5.74, 6) is -1.15. The van der Waals surface area contributed by atoms with E-state index in [9.17, 15) is 15.0 Å². The van der Waals surface area contributed by atoms with Crippen LogP contribution in [0, 0.1) is 6.92 Å². The van der Waals surface area contributed by atoms with Gasteiger partial charge in [-0.3, -0.25) is 0 Å². The number of aromatic hydroxyl groups is 1. The highest BCUT2D eigenvalue weighted by atomic mass is 16.4. The van der Waals surface area contributed by atoms with Gasteiger partial charge in [-0.2, -0.15) is 0 Å². The number of furan rings is 1. The van der Waals surface area contributed by atoms with Gasteiger partial charge in [0.1, 0.15) is 5.76 Å². The molecule has 0 amide bonds. The van der Waals surface area contributed by atoms with E-state index in [1.807, 2.05) is 0 Å². The first-order chi connectivity index (χ1) is 7.52. The molecule has 2 aromatic rings. The van der Waals surface area contributed by atoms with Crippen LogP contribution in [0.5, 0.6) is 5.75 Å². The number of phenols is 1. The zero-order valence-electron chi connectivity index (χ0n) is 8.47. The molecule has 5 heteroatoms. The number of fused-ring (bicyclic) bond motifs is 1. The molecule has 1 aromatic carbocycles. The van der Waals surface area contributed by atoms with Crippen molar-refractivity contribution in [3.63, 3.8) is 0 Å². The lowest BCUT2D eigenvalue weighted by atomic mass is 10.1. The summed E-state index contributed by atoms with van der Waals surface area (Å²) in [6, 6.07) is 4.58. The van der Waals surface area contributed by atoms with E-state index < -0.39 is 12.1 Å². The molecule has 3 N–H and O–H groups in total. The second-order valence-electron chi connectivity index (χ2n) is 3.47. The number of para-hydroxylation sites is 1. The molecule has 0 aliphatic carbocycles. The van der Waals surface area contributed by atoms with Crippen LogP contribution < -0.4 is 0 Å². The average molecular weight is 222 g/mol. The van der Waals surface area contributed by atoms with Crippen molar-refractivity contribution in [2.24, 2.45) is 0 Å². The monoisotopic (exact) mass is 222 g/mol. The first-order valence-electron chi connectivity index (χ1n) is 4.64. The van der Waals surface area contributed by atoms with Crippen LogP contribution in [0.2, 0.25) is 0 Å². The van der Waals surface area contributed by atoms with Crippen LogP contribution in [0.4, 0.5) is 0 Å². The number of aliphatic carboxylic acids is 1. The highest BCUT2D eigenvalue weighted by molar-refractivity contribution is 5.91. The fourth-order valence-electron chi connectivity index (χ4n) is 1.71. The Morgan fingerprint density at radius 3 is 2.75 bits per heavy atom. The van der Waals surface area contributed by atoms with Gasteiger partial charge in [0.05, 0.1) is 0 Å². The van der Waals surface area contributed by atoms with Gasteiger partial charge in [0.25, 0.3) is 0 Å². The van der Waals surface area contributed by atoms with E-state index in [0.29, 0.717) is 5.39 Å². The minimum absolute atomic E-state index is 0.0792. The van der Waals surface area contributed by atoms with Crippen molar-refractivity contribution in [2.75, 3.05) is 0 Å². The van der Waals surface area contributed by atoms with Crippen LogP contribution in [0.1, 0.15) is 17.4 Å². The molecule has 0 saturated heterocycles. The van der Waals surface area contributed by atoms with Gasteiger partial charge >= 0.3 is 5.97 Å². The lowest BCUT2D eigenvalue weighted by Crippen LogP contribution is -2.10. The summed E-state index contributed by atoms with van der Waals surface area (Å²) < 4.78 is 5.23. The Morgan fingerprint density at radius 1 is 1.44 bits per heavy atom. The maximum absolute atomic E-state index is 10.7. The molecule has 0 fully saturated rings. The van der Waals surface area contributed by atoms with E-state index in [1.54, 1.807) is 19.1 Å². The minimum atomic E-state index is -1.65. The Bertz CT molecular complexity index is 555. The van der Waals surface area contributed by atoms with E-state index in [0.717, 1.165) is 0 Å². The Hall–Kier alpha value is -2.01. The molecule has 2 rings (SSSR count). The highest BCUT2D eigenvalue weighted by Crippen LogP contribution is 2.35. The Labute approximate surface area is 90.5 Å². The highest BCUT2D eigenvalue weighted by Gasteiger charge is 2.25. The number of carboxylic acids is 1. The number of aliphatic hydroxyl groups excluding tert-OH is 1. The number of aryl methyl sites for hydroxylation is 1. The molecule has 0 saturated carbocycles. The van der Waals surface area contributed by atoms with Gasteiger partial charge in [-0.15, -0.1) is 0 Å².